The van der Waals surface area contributed by atoms with Gasteiger partial charge in [0.15, 0.2) is 17.6 Å². The second kappa shape index (κ2) is 6.41. The summed E-state index contributed by atoms with van der Waals surface area (Å²) in [5.41, 5.74) is 4.02. The first-order valence-corrected chi connectivity index (χ1v) is 9.58. The van der Waals surface area contributed by atoms with Crippen LogP contribution in [0.4, 0.5) is 0 Å². The van der Waals surface area contributed by atoms with E-state index in [4.69, 9.17) is 9.15 Å². The van der Waals surface area contributed by atoms with Crippen LogP contribution in [0.3, 0.4) is 0 Å². The molecule has 0 aliphatic carbocycles. The van der Waals surface area contributed by atoms with Gasteiger partial charge >= 0.3 is 0 Å². The minimum absolute atomic E-state index is 0.0954. The number of aryl methyl sites for hydroxylation is 1. The van der Waals surface area contributed by atoms with Crippen molar-refractivity contribution >= 4 is 17.0 Å². The van der Waals surface area contributed by atoms with Crippen molar-refractivity contribution in [2.24, 2.45) is 0 Å². The van der Waals surface area contributed by atoms with Gasteiger partial charge in [0.25, 0.3) is 5.91 Å². The smallest absolute Gasteiger partial charge is 0.263 e. The Balaban J connectivity index is 1.25. The number of ether oxygens (including phenoxy) is 1. The Morgan fingerprint density at radius 2 is 1.93 bits per heavy atom. The summed E-state index contributed by atoms with van der Waals surface area (Å²) < 4.78 is 11.9. The molecule has 5 heteroatoms. The van der Waals surface area contributed by atoms with E-state index in [1.807, 2.05) is 54.3 Å². The van der Waals surface area contributed by atoms with Crippen molar-refractivity contribution in [3.05, 3.63) is 59.5 Å². The van der Waals surface area contributed by atoms with Crippen molar-refractivity contribution in [2.75, 3.05) is 13.1 Å². The maximum absolute atomic E-state index is 12.9. The molecule has 1 saturated heterocycles. The third-order valence-electron chi connectivity index (χ3n) is 5.71. The van der Waals surface area contributed by atoms with Gasteiger partial charge in [-0.3, -0.25) is 4.79 Å². The van der Waals surface area contributed by atoms with Gasteiger partial charge in [0, 0.05) is 25.4 Å². The standard InChI is InChI=1S/C22H22N2O3/c1-14-5-4-7-17-20(14)27-21(23-17)15-9-11-24(12-10-15)22(25)19-13-16-6-2-3-8-18(16)26-19/h2-8,15,19H,9-13H2,1H3. The molecule has 0 saturated carbocycles. The van der Waals surface area contributed by atoms with Gasteiger partial charge in [-0.05, 0) is 43.0 Å². The maximum Gasteiger partial charge on any atom is 0.263 e. The number of oxazole rings is 1. The number of nitrogens with zero attached hydrogens (tertiary/aromatic N) is 2. The number of amides is 1. The van der Waals surface area contributed by atoms with Crippen molar-refractivity contribution in [3.63, 3.8) is 0 Å². The molecule has 1 amide bonds. The minimum atomic E-state index is -0.383. The predicted molar refractivity (Wildman–Crippen MR) is 102 cm³/mol. The van der Waals surface area contributed by atoms with Crippen LogP contribution < -0.4 is 4.74 Å². The fourth-order valence-electron chi connectivity index (χ4n) is 4.15. The van der Waals surface area contributed by atoms with Gasteiger partial charge in [-0.15, -0.1) is 0 Å². The zero-order chi connectivity index (χ0) is 18.4. The summed E-state index contributed by atoms with van der Waals surface area (Å²) in [6.07, 6.45) is 2.03. The summed E-state index contributed by atoms with van der Waals surface area (Å²) in [5.74, 6) is 2.00. The largest absolute Gasteiger partial charge is 0.480 e. The van der Waals surface area contributed by atoms with Crippen LogP contribution in [-0.2, 0) is 11.2 Å². The quantitative estimate of drug-likeness (QED) is 0.695. The molecule has 3 heterocycles. The zero-order valence-corrected chi connectivity index (χ0v) is 15.4. The molecule has 2 aromatic carbocycles. The number of rotatable bonds is 2. The molecule has 2 aliphatic heterocycles. The van der Waals surface area contributed by atoms with E-state index >= 15 is 0 Å². The summed E-state index contributed by atoms with van der Waals surface area (Å²) in [6, 6.07) is 13.9. The zero-order valence-electron chi connectivity index (χ0n) is 15.4. The number of likely N-dealkylation sites (tertiary alicyclic amines) is 1. The van der Waals surface area contributed by atoms with E-state index in [0.717, 1.165) is 59.8 Å². The molecule has 1 atom stereocenters. The first kappa shape index (κ1) is 16.4. The lowest BCUT2D eigenvalue weighted by Gasteiger charge is -2.32. The minimum Gasteiger partial charge on any atom is -0.480 e. The third kappa shape index (κ3) is 2.87. The van der Waals surface area contributed by atoms with E-state index in [0.29, 0.717) is 6.42 Å². The van der Waals surface area contributed by atoms with E-state index < -0.39 is 0 Å². The summed E-state index contributed by atoms with van der Waals surface area (Å²) in [4.78, 5) is 19.5. The van der Waals surface area contributed by atoms with Crippen LogP contribution in [0.2, 0.25) is 0 Å². The van der Waals surface area contributed by atoms with Crippen molar-refractivity contribution in [2.45, 2.75) is 38.2 Å². The normalized spacial score (nSPS) is 19.9. The van der Waals surface area contributed by atoms with Crippen LogP contribution in [-0.4, -0.2) is 35.0 Å². The van der Waals surface area contributed by atoms with Gasteiger partial charge in [-0.25, -0.2) is 4.98 Å². The summed E-state index contributed by atoms with van der Waals surface area (Å²) in [6.45, 7) is 3.48. The van der Waals surface area contributed by atoms with Gasteiger partial charge in [-0.1, -0.05) is 30.3 Å². The topological polar surface area (TPSA) is 55.6 Å². The lowest BCUT2D eigenvalue weighted by molar-refractivity contribution is -0.139. The van der Waals surface area contributed by atoms with E-state index in [2.05, 4.69) is 4.98 Å². The molecule has 0 spiro atoms. The van der Waals surface area contributed by atoms with Gasteiger partial charge in [0.1, 0.15) is 11.3 Å². The monoisotopic (exact) mass is 362 g/mol. The number of piperidine rings is 1. The molecule has 1 aromatic heterocycles. The highest BCUT2D eigenvalue weighted by molar-refractivity contribution is 5.82. The predicted octanol–water partition coefficient (Wildman–Crippen LogP) is 3.85. The van der Waals surface area contributed by atoms with E-state index in [9.17, 15) is 4.79 Å². The summed E-state index contributed by atoms with van der Waals surface area (Å²) in [7, 11) is 0. The molecule has 3 aromatic rings. The van der Waals surface area contributed by atoms with Crippen molar-refractivity contribution in [1.29, 1.82) is 0 Å². The molecule has 138 valence electrons. The molecule has 5 nitrogen and oxygen atoms in total. The lowest BCUT2D eigenvalue weighted by Crippen LogP contribution is -2.45. The molecule has 5 rings (SSSR count). The van der Waals surface area contributed by atoms with Crippen LogP contribution in [0.15, 0.2) is 46.9 Å². The Bertz CT molecular complexity index is 977. The number of hydrogen-bond acceptors (Lipinski definition) is 4. The number of hydrogen-bond donors (Lipinski definition) is 0. The second-order valence-electron chi connectivity index (χ2n) is 7.49. The molecule has 0 radical (unpaired) electrons. The number of aromatic nitrogens is 1. The summed E-state index contributed by atoms with van der Waals surface area (Å²) in [5, 5.41) is 0. The van der Waals surface area contributed by atoms with Crippen LogP contribution in [0, 0.1) is 6.92 Å². The molecule has 2 aliphatic rings. The molecular weight excluding hydrogens is 340 g/mol. The third-order valence-corrected chi connectivity index (χ3v) is 5.71. The Kier molecular flexibility index (Phi) is 3.88. The Hall–Kier alpha value is -2.82. The highest BCUT2D eigenvalue weighted by atomic mass is 16.5. The molecule has 0 bridgehead atoms. The lowest BCUT2D eigenvalue weighted by atomic mass is 9.96. The van der Waals surface area contributed by atoms with E-state index in [-0.39, 0.29) is 17.9 Å². The number of fused-ring (bicyclic) bond motifs is 2. The average molecular weight is 362 g/mol. The van der Waals surface area contributed by atoms with Gasteiger partial charge in [-0.2, -0.15) is 0 Å². The average Bonchev–Trinajstić information content (AvgIpc) is 3.32. The van der Waals surface area contributed by atoms with Crippen molar-refractivity contribution < 1.29 is 13.9 Å². The van der Waals surface area contributed by atoms with Crippen molar-refractivity contribution in [3.8, 4) is 5.75 Å². The Morgan fingerprint density at radius 1 is 1.11 bits per heavy atom. The second-order valence-corrected chi connectivity index (χ2v) is 7.49. The van der Waals surface area contributed by atoms with E-state index in [1.54, 1.807) is 0 Å². The molecular formula is C22H22N2O3. The SMILES string of the molecule is Cc1cccc2nc(C3CCN(C(=O)C4Cc5ccccc5O4)CC3)oc12. The number of para-hydroxylation sites is 2. The Labute approximate surface area is 157 Å². The summed E-state index contributed by atoms with van der Waals surface area (Å²) >= 11 is 0. The highest BCUT2D eigenvalue weighted by Gasteiger charge is 2.35. The molecule has 27 heavy (non-hydrogen) atoms. The molecule has 1 unspecified atom stereocenters. The van der Waals surface area contributed by atoms with Crippen LogP contribution in [0.25, 0.3) is 11.1 Å². The number of benzene rings is 2. The van der Waals surface area contributed by atoms with Gasteiger partial charge < -0.3 is 14.1 Å². The highest BCUT2D eigenvalue weighted by Crippen LogP contribution is 2.33. The fraction of sp³-hybridized carbons (Fsp3) is 0.364. The number of carbonyl (C=O) groups excluding carboxylic acids is 1. The first-order valence-electron chi connectivity index (χ1n) is 9.58. The van der Waals surface area contributed by atoms with Gasteiger partial charge in [0.05, 0.1) is 0 Å². The van der Waals surface area contributed by atoms with Crippen LogP contribution in [0.5, 0.6) is 5.75 Å². The van der Waals surface area contributed by atoms with Crippen molar-refractivity contribution in [1.82, 2.24) is 9.88 Å². The fourth-order valence-corrected chi connectivity index (χ4v) is 4.15. The molecule has 0 N–H and O–H groups in total. The molecule has 1 fully saturated rings. The van der Waals surface area contributed by atoms with Crippen LogP contribution in [0.1, 0.15) is 35.8 Å². The van der Waals surface area contributed by atoms with E-state index in [1.165, 1.54) is 0 Å². The van der Waals surface area contributed by atoms with Crippen LogP contribution >= 0.6 is 0 Å². The van der Waals surface area contributed by atoms with Gasteiger partial charge in [0.2, 0.25) is 0 Å². The Morgan fingerprint density at radius 3 is 2.70 bits per heavy atom. The number of carbonyl (C=O) groups is 1. The maximum atomic E-state index is 12.9. The first-order chi connectivity index (χ1) is 13.2.